The van der Waals surface area contributed by atoms with Crippen molar-refractivity contribution in [3.63, 3.8) is 0 Å². The molecule has 2 fully saturated rings. The topological polar surface area (TPSA) is 58.6 Å². The minimum atomic E-state index is -0.333. The highest BCUT2D eigenvalue weighted by Gasteiger charge is 2.29. The standard InChI is InChI=1S/C13H22N2O3/c1-2-11-13(17)15(7-4-12(16)14-11)6-3-10-5-8-18-9-10/h10-11H,2-9H2,1H3,(H,14,16). The van der Waals surface area contributed by atoms with Crippen LogP contribution < -0.4 is 5.32 Å². The lowest BCUT2D eigenvalue weighted by Gasteiger charge is -2.24. The van der Waals surface area contributed by atoms with E-state index in [-0.39, 0.29) is 17.9 Å². The quantitative estimate of drug-likeness (QED) is 0.796. The Morgan fingerprint density at radius 2 is 2.28 bits per heavy atom. The Morgan fingerprint density at radius 1 is 1.44 bits per heavy atom. The number of rotatable bonds is 4. The molecule has 5 nitrogen and oxygen atoms in total. The summed E-state index contributed by atoms with van der Waals surface area (Å²) in [5, 5.41) is 2.78. The van der Waals surface area contributed by atoms with E-state index in [1.165, 1.54) is 0 Å². The molecule has 2 aliphatic heterocycles. The molecule has 0 aromatic heterocycles. The van der Waals surface area contributed by atoms with Crippen LogP contribution in [-0.4, -0.2) is 49.1 Å². The molecule has 2 atom stereocenters. The summed E-state index contributed by atoms with van der Waals surface area (Å²) >= 11 is 0. The number of carbonyl (C=O) groups excluding carboxylic acids is 2. The van der Waals surface area contributed by atoms with Crippen LogP contribution in [-0.2, 0) is 14.3 Å². The second kappa shape index (κ2) is 6.18. The molecule has 5 heteroatoms. The Kier molecular flexibility index (Phi) is 4.58. The van der Waals surface area contributed by atoms with E-state index in [2.05, 4.69) is 5.32 Å². The summed E-state index contributed by atoms with van der Waals surface area (Å²) in [6, 6.07) is -0.333. The Bertz CT molecular complexity index is 313. The first-order valence-corrected chi connectivity index (χ1v) is 6.86. The average Bonchev–Trinajstić information content (AvgIpc) is 2.83. The minimum Gasteiger partial charge on any atom is -0.381 e. The van der Waals surface area contributed by atoms with Crippen LogP contribution in [0.1, 0.15) is 32.6 Å². The Balaban J connectivity index is 1.88. The summed E-state index contributed by atoms with van der Waals surface area (Å²) in [5.74, 6) is 0.633. The van der Waals surface area contributed by atoms with Crippen LogP contribution in [0.2, 0.25) is 0 Å². The van der Waals surface area contributed by atoms with E-state index in [1.807, 2.05) is 11.8 Å². The SMILES string of the molecule is CCC1NC(=O)CCN(CCC2CCOC2)C1=O. The lowest BCUT2D eigenvalue weighted by atomic mass is 10.0. The van der Waals surface area contributed by atoms with Crippen LogP contribution >= 0.6 is 0 Å². The summed E-state index contributed by atoms with van der Waals surface area (Å²) in [7, 11) is 0. The predicted octanol–water partition coefficient (Wildman–Crippen LogP) is 0.540. The van der Waals surface area contributed by atoms with E-state index < -0.39 is 0 Å². The third-order valence-corrected chi connectivity index (χ3v) is 3.79. The number of carbonyl (C=O) groups is 2. The fourth-order valence-electron chi connectivity index (χ4n) is 2.54. The maximum atomic E-state index is 12.2. The smallest absolute Gasteiger partial charge is 0.245 e. The third kappa shape index (κ3) is 3.22. The van der Waals surface area contributed by atoms with Gasteiger partial charge in [-0.25, -0.2) is 0 Å². The number of ether oxygens (including phenoxy) is 1. The monoisotopic (exact) mass is 254 g/mol. The molecule has 0 saturated carbocycles. The van der Waals surface area contributed by atoms with Crippen LogP contribution in [0.3, 0.4) is 0 Å². The normalized spacial score (nSPS) is 29.3. The second-order valence-corrected chi connectivity index (χ2v) is 5.12. The summed E-state index contributed by atoms with van der Waals surface area (Å²) in [6.07, 6.45) is 3.16. The molecule has 0 aromatic carbocycles. The predicted molar refractivity (Wildman–Crippen MR) is 67.0 cm³/mol. The first-order chi connectivity index (χ1) is 8.70. The van der Waals surface area contributed by atoms with E-state index in [9.17, 15) is 9.59 Å². The Labute approximate surface area is 108 Å². The molecule has 0 spiro atoms. The van der Waals surface area contributed by atoms with Crippen molar-refractivity contribution in [3.05, 3.63) is 0 Å². The van der Waals surface area contributed by atoms with Gasteiger partial charge in [-0.15, -0.1) is 0 Å². The molecule has 0 bridgehead atoms. The number of hydrogen-bond donors (Lipinski definition) is 1. The van der Waals surface area contributed by atoms with Crippen molar-refractivity contribution in [1.82, 2.24) is 10.2 Å². The summed E-state index contributed by atoms with van der Waals surface area (Å²) in [6.45, 7) is 4.89. The molecule has 1 N–H and O–H groups in total. The lowest BCUT2D eigenvalue weighted by molar-refractivity contribution is -0.133. The maximum absolute atomic E-state index is 12.2. The van der Waals surface area contributed by atoms with Gasteiger partial charge in [0.05, 0.1) is 0 Å². The van der Waals surface area contributed by atoms with Crippen LogP contribution in [0.4, 0.5) is 0 Å². The second-order valence-electron chi connectivity index (χ2n) is 5.12. The van der Waals surface area contributed by atoms with Gasteiger partial charge in [0.2, 0.25) is 11.8 Å². The van der Waals surface area contributed by atoms with Gasteiger partial charge in [-0.1, -0.05) is 6.92 Å². The van der Waals surface area contributed by atoms with E-state index in [0.29, 0.717) is 25.3 Å². The largest absolute Gasteiger partial charge is 0.381 e. The van der Waals surface area contributed by atoms with Gasteiger partial charge in [-0.2, -0.15) is 0 Å². The molecule has 0 aromatic rings. The van der Waals surface area contributed by atoms with Gasteiger partial charge in [0.15, 0.2) is 0 Å². The van der Waals surface area contributed by atoms with Crippen molar-refractivity contribution >= 4 is 11.8 Å². The zero-order valence-corrected chi connectivity index (χ0v) is 11.0. The molecule has 2 aliphatic rings. The fourth-order valence-corrected chi connectivity index (χ4v) is 2.54. The van der Waals surface area contributed by atoms with Gasteiger partial charge in [0.1, 0.15) is 6.04 Å². The maximum Gasteiger partial charge on any atom is 0.245 e. The molecule has 0 aliphatic carbocycles. The molecule has 2 saturated heterocycles. The highest BCUT2D eigenvalue weighted by atomic mass is 16.5. The van der Waals surface area contributed by atoms with Crippen LogP contribution in [0.25, 0.3) is 0 Å². The Morgan fingerprint density at radius 3 is 2.94 bits per heavy atom. The molecule has 2 heterocycles. The van der Waals surface area contributed by atoms with Crippen LogP contribution in [0, 0.1) is 5.92 Å². The molecule has 2 unspecified atom stereocenters. The summed E-state index contributed by atoms with van der Waals surface area (Å²) in [4.78, 5) is 25.5. The molecule has 2 rings (SSSR count). The highest BCUT2D eigenvalue weighted by Crippen LogP contribution is 2.17. The van der Waals surface area contributed by atoms with Gasteiger partial charge in [-0.3, -0.25) is 9.59 Å². The van der Waals surface area contributed by atoms with Crippen molar-refractivity contribution in [2.45, 2.75) is 38.6 Å². The third-order valence-electron chi connectivity index (χ3n) is 3.79. The van der Waals surface area contributed by atoms with Crippen molar-refractivity contribution in [2.24, 2.45) is 5.92 Å². The van der Waals surface area contributed by atoms with Crippen molar-refractivity contribution in [1.29, 1.82) is 0 Å². The van der Waals surface area contributed by atoms with Gasteiger partial charge in [-0.05, 0) is 25.2 Å². The lowest BCUT2D eigenvalue weighted by Crippen LogP contribution is -2.44. The zero-order chi connectivity index (χ0) is 13.0. The molecular formula is C13H22N2O3. The molecule has 2 amide bonds. The van der Waals surface area contributed by atoms with Crippen LogP contribution in [0.15, 0.2) is 0 Å². The minimum absolute atomic E-state index is 0.0121. The van der Waals surface area contributed by atoms with Crippen LogP contribution in [0.5, 0.6) is 0 Å². The van der Waals surface area contributed by atoms with Gasteiger partial charge >= 0.3 is 0 Å². The van der Waals surface area contributed by atoms with Crippen molar-refractivity contribution < 1.29 is 14.3 Å². The van der Waals surface area contributed by atoms with Gasteiger partial charge < -0.3 is 15.0 Å². The number of amides is 2. The van der Waals surface area contributed by atoms with Crippen molar-refractivity contribution in [3.8, 4) is 0 Å². The molecule has 102 valence electrons. The fraction of sp³-hybridized carbons (Fsp3) is 0.846. The summed E-state index contributed by atoms with van der Waals surface area (Å²) < 4.78 is 5.34. The number of nitrogens with zero attached hydrogens (tertiary/aromatic N) is 1. The van der Waals surface area contributed by atoms with Gasteiger partial charge in [0.25, 0.3) is 0 Å². The highest BCUT2D eigenvalue weighted by molar-refractivity contribution is 5.89. The van der Waals surface area contributed by atoms with Crippen molar-refractivity contribution in [2.75, 3.05) is 26.3 Å². The van der Waals surface area contributed by atoms with E-state index in [0.717, 1.165) is 32.6 Å². The number of nitrogens with one attached hydrogen (secondary N) is 1. The van der Waals surface area contributed by atoms with E-state index in [1.54, 1.807) is 0 Å². The Hall–Kier alpha value is -1.10. The average molecular weight is 254 g/mol. The van der Waals surface area contributed by atoms with E-state index in [4.69, 9.17) is 4.74 Å². The van der Waals surface area contributed by atoms with E-state index >= 15 is 0 Å². The number of hydrogen-bond acceptors (Lipinski definition) is 3. The first kappa shape index (κ1) is 13.3. The van der Waals surface area contributed by atoms with Gasteiger partial charge in [0, 0.05) is 32.7 Å². The zero-order valence-electron chi connectivity index (χ0n) is 11.0. The first-order valence-electron chi connectivity index (χ1n) is 6.86. The summed E-state index contributed by atoms with van der Waals surface area (Å²) in [5.41, 5.74) is 0. The molecule has 18 heavy (non-hydrogen) atoms. The molecule has 0 radical (unpaired) electrons. The molecular weight excluding hydrogens is 232 g/mol.